The summed E-state index contributed by atoms with van der Waals surface area (Å²) in [5.74, 6) is -1.10. The highest BCUT2D eigenvalue weighted by Crippen LogP contribution is 2.33. The fourth-order valence-electron chi connectivity index (χ4n) is 4.10. The molecule has 3 aromatic carbocycles. The number of carboxylic acid groups (broad SMARTS) is 1. The molecule has 0 aliphatic rings. The number of thiazole rings is 1. The van der Waals surface area contributed by atoms with E-state index in [1.807, 2.05) is 60.7 Å². The van der Waals surface area contributed by atoms with Crippen LogP contribution in [0, 0.1) is 0 Å². The van der Waals surface area contributed by atoms with Crippen LogP contribution in [0.5, 0.6) is 0 Å². The van der Waals surface area contributed by atoms with Crippen molar-refractivity contribution in [2.24, 2.45) is 5.14 Å². The molecule has 0 fully saturated rings. The summed E-state index contributed by atoms with van der Waals surface area (Å²) < 4.78 is 25.2. The van der Waals surface area contributed by atoms with Crippen molar-refractivity contribution in [3.05, 3.63) is 118 Å². The summed E-state index contributed by atoms with van der Waals surface area (Å²) in [4.78, 5) is 15.9. The van der Waals surface area contributed by atoms with Gasteiger partial charge in [-0.25, -0.2) is 28.0 Å². The Labute approximate surface area is 217 Å². The Balaban J connectivity index is 1.69. The summed E-state index contributed by atoms with van der Waals surface area (Å²) >= 11 is 1.21. The molecule has 5 rings (SSSR count). The molecule has 0 amide bonds. The Morgan fingerprint density at radius 3 is 2.11 bits per heavy atom. The third-order valence-corrected chi connectivity index (χ3v) is 7.60. The number of nitrogens with two attached hydrogens (primary N) is 1. The van der Waals surface area contributed by atoms with Gasteiger partial charge in [-0.3, -0.25) is 0 Å². The summed E-state index contributed by atoms with van der Waals surface area (Å²) in [7, 11) is -3.80. The van der Waals surface area contributed by atoms with Crippen LogP contribution in [0.1, 0.15) is 32.9 Å². The maximum absolute atomic E-state index is 11.7. The van der Waals surface area contributed by atoms with E-state index in [1.165, 1.54) is 28.8 Å². The summed E-state index contributed by atoms with van der Waals surface area (Å²) in [6.07, 6.45) is 1.02. The lowest BCUT2D eigenvalue weighted by Gasteiger charge is -2.10. The Hall–Kier alpha value is -4.12. The van der Waals surface area contributed by atoms with Gasteiger partial charge in [0.1, 0.15) is 0 Å². The molecule has 2 aromatic heterocycles. The smallest absolute Gasteiger partial charge is 0.355 e. The van der Waals surface area contributed by atoms with Crippen LogP contribution < -0.4 is 5.14 Å². The molecule has 0 unspecified atom stereocenters. The van der Waals surface area contributed by atoms with Crippen LogP contribution >= 0.6 is 11.3 Å². The minimum atomic E-state index is -3.80. The van der Waals surface area contributed by atoms with Gasteiger partial charge in [-0.1, -0.05) is 72.8 Å². The van der Waals surface area contributed by atoms with Crippen LogP contribution in [-0.2, 0) is 22.9 Å². The predicted octanol–water partition coefficient (Wildman–Crippen LogP) is 4.52. The van der Waals surface area contributed by atoms with E-state index >= 15 is 0 Å². The number of primary sulfonamides is 1. The average Bonchev–Trinajstić information content (AvgIpc) is 3.51. The van der Waals surface area contributed by atoms with E-state index in [0.717, 1.165) is 33.6 Å². The lowest BCUT2D eigenvalue weighted by Crippen LogP contribution is -2.11. The second-order valence-corrected chi connectivity index (χ2v) is 10.8. The highest BCUT2D eigenvalue weighted by molar-refractivity contribution is 7.89. The minimum Gasteiger partial charge on any atom is -0.476 e. The van der Waals surface area contributed by atoms with Crippen molar-refractivity contribution < 1.29 is 18.3 Å². The molecule has 0 aliphatic heterocycles. The van der Waals surface area contributed by atoms with Gasteiger partial charge in [0, 0.05) is 29.3 Å². The molecule has 3 N–H and O–H groups in total. The molecule has 0 aliphatic carbocycles. The van der Waals surface area contributed by atoms with Gasteiger partial charge < -0.3 is 5.11 Å². The molecule has 37 heavy (non-hydrogen) atoms. The van der Waals surface area contributed by atoms with E-state index in [1.54, 1.807) is 16.8 Å². The first-order valence-corrected chi connectivity index (χ1v) is 13.7. The van der Waals surface area contributed by atoms with E-state index in [-0.39, 0.29) is 10.6 Å². The zero-order valence-corrected chi connectivity index (χ0v) is 21.1. The number of carboxylic acids is 1. The number of benzene rings is 3. The van der Waals surface area contributed by atoms with Crippen molar-refractivity contribution in [3.8, 4) is 16.4 Å². The number of aromatic carboxylic acids is 1. The van der Waals surface area contributed by atoms with Gasteiger partial charge in [-0.2, -0.15) is 5.10 Å². The lowest BCUT2D eigenvalue weighted by molar-refractivity contribution is 0.0691. The second-order valence-electron chi connectivity index (χ2n) is 8.40. The molecule has 0 bridgehead atoms. The van der Waals surface area contributed by atoms with Crippen molar-refractivity contribution in [3.63, 3.8) is 0 Å². The molecular formula is C27H22N4O4S2. The van der Waals surface area contributed by atoms with E-state index < -0.39 is 16.0 Å². The number of hydrogen-bond donors (Lipinski definition) is 2. The number of aromatic nitrogens is 3. The van der Waals surface area contributed by atoms with E-state index in [0.29, 0.717) is 18.0 Å². The van der Waals surface area contributed by atoms with Crippen LogP contribution in [0.15, 0.2) is 95.2 Å². The first-order chi connectivity index (χ1) is 17.8. The standard InChI is InChI=1S/C27H22N4O4S2/c28-37(34,35)21-13-11-19(12-14-21)15-22-23(16-18-7-3-1-4-8-18)30-31(25(22)20-9-5-2-6-10-20)27-29-24(17-36-27)26(32)33/h1-14,17H,15-16H2,(H,32,33)(H2,28,34,35). The number of hydrogen-bond acceptors (Lipinski definition) is 6. The minimum absolute atomic E-state index is 0.0424. The Morgan fingerprint density at radius 2 is 1.51 bits per heavy atom. The van der Waals surface area contributed by atoms with Gasteiger partial charge in [0.15, 0.2) is 5.69 Å². The molecular weight excluding hydrogens is 508 g/mol. The first kappa shape index (κ1) is 24.6. The molecule has 0 saturated carbocycles. The van der Waals surface area contributed by atoms with Crippen molar-refractivity contribution in [2.45, 2.75) is 17.7 Å². The summed E-state index contributed by atoms with van der Waals surface area (Å²) in [5, 5.41) is 21.6. The third-order valence-electron chi connectivity index (χ3n) is 5.85. The monoisotopic (exact) mass is 530 g/mol. The summed E-state index contributed by atoms with van der Waals surface area (Å²) in [5.41, 5.74) is 5.36. The average molecular weight is 531 g/mol. The van der Waals surface area contributed by atoms with Crippen LogP contribution in [0.4, 0.5) is 0 Å². The zero-order valence-electron chi connectivity index (χ0n) is 19.5. The maximum Gasteiger partial charge on any atom is 0.355 e. The van der Waals surface area contributed by atoms with Crippen molar-refractivity contribution >= 4 is 27.3 Å². The summed E-state index contributed by atoms with van der Waals surface area (Å²) in [6.45, 7) is 0. The molecule has 0 atom stereocenters. The SMILES string of the molecule is NS(=O)(=O)c1ccc(Cc2c(Cc3ccccc3)nn(-c3nc(C(=O)O)cs3)c2-c2ccccc2)cc1. The molecule has 0 radical (unpaired) electrons. The van der Waals surface area contributed by atoms with Gasteiger partial charge in [-0.15, -0.1) is 11.3 Å². The van der Waals surface area contributed by atoms with Gasteiger partial charge in [0.05, 0.1) is 16.3 Å². The van der Waals surface area contributed by atoms with Crippen LogP contribution in [0.3, 0.4) is 0 Å². The lowest BCUT2D eigenvalue weighted by atomic mass is 9.96. The normalized spacial score (nSPS) is 11.5. The molecule has 186 valence electrons. The number of nitrogens with zero attached hydrogens (tertiary/aromatic N) is 3. The van der Waals surface area contributed by atoms with Gasteiger partial charge in [0.2, 0.25) is 15.2 Å². The summed E-state index contributed by atoms with van der Waals surface area (Å²) in [6, 6.07) is 26.1. The van der Waals surface area contributed by atoms with Crippen LogP contribution in [-0.4, -0.2) is 34.3 Å². The molecule has 2 heterocycles. The predicted molar refractivity (Wildman–Crippen MR) is 142 cm³/mol. The molecule has 10 heteroatoms. The second kappa shape index (κ2) is 10.1. The zero-order chi connectivity index (χ0) is 26.0. The third kappa shape index (κ3) is 5.36. The van der Waals surface area contributed by atoms with Crippen molar-refractivity contribution in [1.29, 1.82) is 0 Å². The number of carbonyl (C=O) groups is 1. The molecule has 0 spiro atoms. The number of sulfonamides is 1. The van der Waals surface area contributed by atoms with Crippen LogP contribution in [0.2, 0.25) is 0 Å². The van der Waals surface area contributed by atoms with Gasteiger partial charge >= 0.3 is 5.97 Å². The van der Waals surface area contributed by atoms with Gasteiger partial charge in [0.25, 0.3) is 0 Å². The van der Waals surface area contributed by atoms with E-state index in [2.05, 4.69) is 4.98 Å². The van der Waals surface area contributed by atoms with E-state index in [4.69, 9.17) is 10.2 Å². The highest BCUT2D eigenvalue weighted by atomic mass is 32.2. The van der Waals surface area contributed by atoms with Gasteiger partial charge in [-0.05, 0) is 23.3 Å². The Kier molecular flexibility index (Phi) is 6.70. The first-order valence-electron chi connectivity index (χ1n) is 11.3. The number of rotatable bonds is 8. The molecule has 0 saturated heterocycles. The highest BCUT2D eigenvalue weighted by Gasteiger charge is 2.23. The fraction of sp³-hybridized carbons (Fsp3) is 0.0741. The quantitative estimate of drug-likeness (QED) is 0.304. The van der Waals surface area contributed by atoms with Crippen molar-refractivity contribution in [2.75, 3.05) is 0 Å². The largest absolute Gasteiger partial charge is 0.476 e. The Morgan fingerprint density at radius 1 is 0.892 bits per heavy atom. The van der Waals surface area contributed by atoms with Crippen molar-refractivity contribution in [1.82, 2.24) is 14.8 Å². The fourth-order valence-corrected chi connectivity index (χ4v) is 5.37. The topological polar surface area (TPSA) is 128 Å². The maximum atomic E-state index is 11.7. The van der Waals surface area contributed by atoms with Crippen LogP contribution in [0.25, 0.3) is 16.4 Å². The van der Waals surface area contributed by atoms with E-state index in [9.17, 15) is 18.3 Å². The Bertz CT molecular complexity index is 1660. The molecule has 5 aromatic rings. The molecule has 8 nitrogen and oxygen atoms in total.